The molecule has 0 unspecified atom stereocenters. The predicted octanol–water partition coefficient (Wildman–Crippen LogP) is 3.96. The lowest BCUT2D eigenvalue weighted by Crippen LogP contribution is -2.24. The van der Waals surface area contributed by atoms with Gasteiger partial charge in [0.05, 0.1) is 55.5 Å². The van der Waals surface area contributed by atoms with Crippen molar-refractivity contribution in [2.24, 2.45) is 5.10 Å². The molecule has 190 valence electrons. The van der Waals surface area contributed by atoms with Crippen LogP contribution in [0.4, 0.5) is 0 Å². The van der Waals surface area contributed by atoms with E-state index >= 15 is 0 Å². The number of ether oxygens (including phenoxy) is 3. The molecule has 1 aromatic heterocycles. The average molecular weight is 519 g/mol. The van der Waals surface area contributed by atoms with Crippen LogP contribution in [0.3, 0.4) is 0 Å². The van der Waals surface area contributed by atoms with E-state index in [-0.39, 0.29) is 17.2 Å². The molecule has 4 rings (SSSR count). The average Bonchev–Trinajstić information content (AvgIpc) is 2.92. The van der Waals surface area contributed by atoms with Gasteiger partial charge in [0.2, 0.25) is 0 Å². The normalized spacial score (nSPS) is 11.0. The molecule has 37 heavy (non-hydrogen) atoms. The highest BCUT2D eigenvalue weighted by Gasteiger charge is 2.16. The van der Waals surface area contributed by atoms with Crippen LogP contribution >= 0.6 is 11.8 Å². The van der Waals surface area contributed by atoms with Gasteiger partial charge in [-0.3, -0.25) is 14.2 Å². The highest BCUT2D eigenvalue weighted by atomic mass is 32.2. The molecular weight excluding hydrogens is 492 g/mol. The highest BCUT2D eigenvalue weighted by Crippen LogP contribution is 2.32. The number of thioether (sulfide) groups is 1. The van der Waals surface area contributed by atoms with Gasteiger partial charge in [0.25, 0.3) is 11.5 Å². The van der Waals surface area contributed by atoms with E-state index in [4.69, 9.17) is 14.2 Å². The van der Waals surface area contributed by atoms with Crippen molar-refractivity contribution in [3.63, 3.8) is 0 Å². The Balaban J connectivity index is 1.57. The van der Waals surface area contributed by atoms with E-state index in [1.165, 1.54) is 20.4 Å². The molecule has 0 atom stereocenters. The van der Waals surface area contributed by atoms with Gasteiger partial charge in [-0.1, -0.05) is 42.1 Å². The van der Waals surface area contributed by atoms with Crippen molar-refractivity contribution >= 4 is 34.8 Å². The Kier molecular flexibility index (Phi) is 8.09. The summed E-state index contributed by atoms with van der Waals surface area (Å²) in [6.07, 6.45) is 1.44. The summed E-state index contributed by atoms with van der Waals surface area (Å²) in [5.41, 5.74) is 5.05. The van der Waals surface area contributed by atoms with Crippen molar-refractivity contribution in [1.29, 1.82) is 0 Å². The second-order valence-electron chi connectivity index (χ2n) is 7.87. The van der Waals surface area contributed by atoms with E-state index in [2.05, 4.69) is 15.5 Å². The summed E-state index contributed by atoms with van der Waals surface area (Å²) in [6.45, 7) is 1.93. The van der Waals surface area contributed by atoms with E-state index in [1.54, 1.807) is 42.0 Å². The molecule has 0 bridgehead atoms. The largest absolute Gasteiger partial charge is 0.496 e. The van der Waals surface area contributed by atoms with Crippen LogP contribution < -0.4 is 25.2 Å². The number of benzene rings is 3. The minimum atomic E-state index is -0.369. The number of hydrazone groups is 1. The van der Waals surface area contributed by atoms with Crippen LogP contribution in [0.15, 0.2) is 75.7 Å². The van der Waals surface area contributed by atoms with Gasteiger partial charge >= 0.3 is 0 Å². The Hall–Kier alpha value is -4.31. The smallest absolute Gasteiger partial charge is 0.266 e. The first kappa shape index (κ1) is 25.8. The molecule has 0 saturated carbocycles. The van der Waals surface area contributed by atoms with E-state index in [1.807, 2.05) is 37.3 Å². The van der Waals surface area contributed by atoms with Crippen LogP contribution in [0.2, 0.25) is 0 Å². The van der Waals surface area contributed by atoms with Crippen molar-refractivity contribution < 1.29 is 19.0 Å². The van der Waals surface area contributed by atoms with Crippen molar-refractivity contribution in [1.82, 2.24) is 15.0 Å². The van der Waals surface area contributed by atoms with Crippen LogP contribution in [0.25, 0.3) is 16.6 Å². The molecule has 0 radical (unpaired) electrons. The van der Waals surface area contributed by atoms with Gasteiger partial charge < -0.3 is 14.2 Å². The number of nitrogens with one attached hydrogen (secondary N) is 1. The number of rotatable bonds is 9. The Morgan fingerprint density at radius 2 is 1.70 bits per heavy atom. The number of nitrogens with zero attached hydrogens (tertiary/aromatic N) is 3. The molecule has 1 N–H and O–H groups in total. The molecule has 0 aliphatic rings. The molecule has 10 heteroatoms. The van der Waals surface area contributed by atoms with Crippen molar-refractivity contribution in [2.75, 3.05) is 27.1 Å². The summed E-state index contributed by atoms with van der Waals surface area (Å²) < 4.78 is 17.6. The minimum Gasteiger partial charge on any atom is -0.496 e. The Bertz CT molecular complexity index is 1510. The van der Waals surface area contributed by atoms with Crippen LogP contribution in [0.1, 0.15) is 11.1 Å². The molecule has 0 saturated heterocycles. The van der Waals surface area contributed by atoms with Gasteiger partial charge in [0.1, 0.15) is 17.2 Å². The summed E-state index contributed by atoms with van der Waals surface area (Å²) in [7, 11) is 4.58. The van der Waals surface area contributed by atoms with Gasteiger partial charge in [0.15, 0.2) is 5.16 Å². The quantitative estimate of drug-likeness (QED) is 0.155. The van der Waals surface area contributed by atoms with Gasteiger partial charge in [-0.05, 0) is 30.7 Å². The molecular formula is C27H26N4O5S. The molecule has 0 aliphatic heterocycles. The number of para-hydroxylation sites is 2. The summed E-state index contributed by atoms with van der Waals surface area (Å²) in [6, 6.07) is 18.1. The van der Waals surface area contributed by atoms with Gasteiger partial charge in [-0.15, -0.1) is 0 Å². The number of hydrogen-bond donors (Lipinski definition) is 1. The second-order valence-corrected chi connectivity index (χ2v) is 8.81. The van der Waals surface area contributed by atoms with Crippen LogP contribution in [-0.2, 0) is 4.79 Å². The Morgan fingerprint density at radius 3 is 2.38 bits per heavy atom. The summed E-state index contributed by atoms with van der Waals surface area (Å²) >= 11 is 1.15. The van der Waals surface area contributed by atoms with E-state index in [0.717, 1.165) is 17.3 Å². The number of aromatic nitrogens is 2. The first-order chi connectivity index (χ1) is 18.0. The second kappa shape index (κ2) is 11.6. The lowest BCUT2D eigenvalue weighted by Gasteiger charge is -2.14. The fourth-order valence-corrected chi connectivity index (χ4v) is 4.52. The maximum atomic E-state index is 13.4. The Morgan fingerprint density at radius 1 is 1.03 bits per heavy atom. The molecule has 0 spiro atoms. The van der Waals surface area contributed by atoms with E-state index in [0.29, 0.717) is 44.6 Å². The first-order valence-corrected chi connectivity index (χ1v) is 12.3. The number of hydrogen-bond acceptors (Lipinski definition) is 8. The monoisotopic (exact) mass is 518 g/mol. The number of carbonyl (C=O) groups excluding carboxylic acids is 1. The Labute approximate surface area is 218 Å². The van der Waals surface area contributed by atoms with Crippen molar-refractivity contribution in [3.05, 3.63) is 82.1 Å². The molecule has 3 aromatic carbocycles. The predicted molar refractivity (Wildman–Crippen MR) is 145 cm³/mol. The minimum absolute atomic E-state index is 0.00904. The molecule has 9 nitrogen and oxygen atoms in total. The van der Waals surface area contributed by atoms with Gasteiger partial charge in [-0.2, -0.15) is 5.10 Å². The highest BCUT2D eigenvalue weighted by molar-refractivity contribution is 7.99. The number of aryl methyl sites for hydroxylation is 1. The maximum Gasteiger partial charge on any atom is 0.266 e. The molecule has 1 heterocycles. The fourth-order valence-electron chi connectivity index (χ4n) is 3.73. The SMILES string of the molecule is COc1cc(OC)c(/C=N/NC(=O)CSc2nc3ccccc3c(=O)n2-c2ccccc2C)c(OC)c1. The van der Waals surface area contributed by atoms with Gasteiger partial charge in [0, 0.05) is 12.1 Å². The third-order valence-electron chi connectivity index (χ3n) is 5.57. The fraction of sp³-hybridized carbons (Fsp3) is 0.185. The zero-order chi connectivity index (χ0) is 26.4. The number of fused-ring (bicyclic) bond motifs is 1. The summed E-state index contributed by atoms with van der Waals surface area (Å²) in [4.78, 5) is 30.7. The van der Waals surface area contributed by atoms with Crippen molar-refractivity contribution in [3.8, 4) is 22.9 Å². The summed E-state index contributed by atoms with van der Waals surface area (Å²) in [5, 5.41) is 4.98. The molecule has 4 aromatic rings. The zero-order valence-corrected chi connectivity index (χ0v) is 21.7. The first-order valence-electron chi connectivity index (χ1n) is 11.3. The summed E-state index contributed by atoms with van der Waals surface area (Å²) in [5.74, 6) is 1.14. The zero-order valence-electron chi connectivity index (χ0n) is 20.8. The third kappa shape index (κ3) is 5.59. The standard InChI is InChI=1S/C27H26N4O5S/c1-17-9-5-8-12-22(17)31-26(33)19-10-6-7-11-21(19)29-27(31)37-16-25(32)30-28-15-20-23(35-3)13-18(34-2)14-24(20)36-4/h5-15H,16H2,1-4H3,(H,30,32)/b28-15+. The molecule has 0 fully saturated rings. The number of amides is 1. The molecule has 0 aliphatic carbocycles. The van der Waals surface area contributed by atoms with Crippen LogP contribution in [0.5, 0.6) is 17.2 Å². The maximum absolute atomic E-state index is 13.4. The molecule has 1 amide bonds. The number of carbonyl (C=O) groups is 1. The third-order valence-corrected chi connectivity index (χ3v) is 6.51. The van der Waals surface area contributed by atoms with Gasteiger partial charge in [-0.25, -0.2) is 10.4 Å². The lowest BCUT2D eigenvalue weighted by atomic mass is 10.2. The topological polar surface area (TPSA) is 104 Å². The lowest BCUT2D eigenvalue weighted by molar-refractivity contribution is -0.118. The number of methoxy groups -OCH3 is 3. The van der Waals surface area contributed by atoms with Crippen LogP contribution in [-0.4, -0.2) is 48.8 Å². The van der Waals surface area contributed by atoms with Crippen LogP contribution in [0, 0.1) is 6.92 Å². The van der Waals surface area contributed by atoms with Crippen molar-refractivity contribution in [2.45, 2.75) is 12.1 Å². The van der Waals surface area contributed by atoms with E-state index in [9.17, 15) is 9.59 Å². The van der Waals surface area contributed by atoms with E-state index < -0.39 is 0 Å².